The van der Waals surface area contributed by atoms with Gasteiger partial charge in [-0.25, -0.2) is 0 Å². The highest BCUT2D eigenvalue weighted by Gasteiger charge is 2.42. The second kappa shape index (κ2) is 8.50. The van der Waals surface area contributed by atoms with Crippen molar-refractivity contribution in [3.63, 3.8) is 0 Å². The zero-order valence-corrected chi connectivity index (χ0v) is 18.5. The third-order valence-corrected chi connectivity index (χ3v) is 7.22. The zero-order chi connectivity index (χ0) is 22.1. The van der Waals surface area contributed by atoms with E-state index in [9.17, 15) is 4.79 Å². The van der Waals surface area contributed by atoms with Crippen LogP contribution in [0.2, 0.25) is 0 Å². The molecule has 8 nitrogen and oxygen atoms in total. The summed E-state index contributed by atoms with van der Waals surface area (Å²) in [6.45, 7) is 2.25. The van der Waals surface area contributed by atoms with E-state index < -0.39 is 0 Å². The highest BCUT2D eigenvalue weighted by Crippen LogP contribution is 2.45. The van der Waals surface area contributed by atoms with Crippen molar-refractivity contribution in [2.24, 2.45) is 5.41 Å². The Bertz CT molecular complexity index is 1100. The molecule has 32 heavy (non-hydrogen) atoms. The topological polar surface area (TPSA) is 95.4 Å². The number of nitrogens with one attached hydrogen (secondary N) is 2. The van der Waals surface area contributed by atoms with Crippen LogP contribution in [0.3, 0.4) is 0 Å². The molecule has 0 bridgehead atoms. The van der Waals surface area contributed by atoms with Gasteiger partial charge in [0.25, 0.3) is 5.91 Å². The number of carbonyl (C=O) groups is 1. The molecule has 2 aromatic heterocycles. The molecular weight excluding hydrogens is 406 g/mol. The summed E-state index contributed by atoms with van der Waals surface area (Å²) in [5.74, 6) is 0.823. The van der Waals surface area contributed by atoms with Crippen LogP contribution in [0.4, 0.5) is 5.69 Å². The molecule has 1 spiro atoms. The van der Waals surface area contributed by atoms with Crippen molar-refractivity contribution >= 4 is 22.5 Å². The van der Waals surface area contributed by atoms with Crippen LogP contribution < -0.4 is 10.1 Å². The van der Waals surface area contributed by atoms with Crippen LogP contribution in [0, 0.1) is 5.41 Å². The van der Waals surface area contributed by atoms with E-state index in [-0.39, 0.29) is 17.9 Å². The lowest BCUT2D eigenvalue weighted by atomic mass is 9.72. The molecule has 3 heterocycles. The number of amides is 1. The van der Waals surface area contributed by atoms with Crippen molar-refractivity contribution < 1.29 is 14.6 Å². The van der Waals surface area contributed by atoms with Crippen molar-refractivity contribution in [1.82, 2.24) is 19.7 Å². The first-order valence-corrected chi connectivity index (χ1v) is 11.4. The molecular formula is C24H31N5O3. The largest absolute Gasteiger partial charge is 0.496 e. The van der Waals surface area contributed by atoms with Gasteiger partial charge in [-0.1, -0.05) is 6.07 Å². The van der Waals surface area contributed by atoms with Gasteiger partial charge in [0.2, 0.25) is 0 Å². The number of carbonyl (C=O) groups excluding carboxylic acids is 1. The normalized spacial score (nSPS) is 23.2. The molecule has 0 unspecified atom stereocenters. The number of benzene rings is 1. The summed E-state index contributed by atoms with van der Waals surface area (Å²) in [7, 11) is 1.64. The summed E-state index contributed by atoms with van der Waals surface area (Å²) in [6.07, 6.45) is 11.1. The average molecular weight is 438 g/mol. The quantitative estimate of drug-likeness (QED) is 0.550. The van der Waals surface area contributed by atoms with Gasteiger partial charge < -0.3 is 25.0 Å². The number of aliphatic hydroxyl groups excluding tert-OH is 1. The summed E-state index contributed by atoms with van der Waals surface area (Å²) in [4.78, 5) is 18.6. The van der Waals surface area contributed by atoms with Gasteiger partial charge in [0.15, 0.2) is 0 Å². The van der Waals surface area contributed by atoms with E-state index >= 15 is 0 Å². The number of hydrogen-bond acceptors (Lipinski definition) is 5. The van der Waals surface area contributed by atoms with E-state index in [2.05, 4.69) is 15.4 Å². The molecule has 5 rings (SSSR count). The number of methoxy groups -OCH3 is 1. The monoisotopic (exact) mass is 437 g/mol. The molecule has 2 aliphatic rings. The second-order valence-electron chi connectivity index (χ2n) is 9.20. The molecule has 0 atom stereocenters. The Morgan fingerprint density at radius 2 is 2.19 bits per heavy atom. The number of rotatable bonds is 6. The number of likely N-dealkylation sites (tertiary alicyclic amines) is 1. The first kappa shape index (κ1) is 20.9. The van der Waals surface area contributed by atoms with Gasteiger partial charge >= 0.3 is 0 Å². The Morgan fingerprint density at radius 3 is 2.97 bits per heavy atom. The Morgan fingerprint density at radius 1 is 1.34 bits per heavy atom. The number of aromatic nitrogens is 3. The molecule has 1 saturated carbocycles. The SMILES string of the molecule is COc1cccc2[nH]cc(C(=O)N3CCC4(CCC(Nc5cnn(CCO)c5)CC4)C3)c12. The third kappa shape index (κ3) is 3.83. The average Bonchev–Trinajstić information content (AvgIpc) is 3.54. The predicted octanol–water partition coefficient (Wildman–Crippen LogP) is 3.25. The van der Waals surface area contributed by atoms with Crippen LogP contribution in [0.25, 0.3) is 10.9 Å². The minimum absolute atomic E-state index is 0.0909. The van der Waals surface area contributed by atoms with Gasteiger partial charge in [0.05, 0.1) is 43.1 Å². The minimum atomic E-state index is 0.0909. The molecule has 1 aliphatic carbocycles. The van der Waals surface area contributed by atoms with E-state index in [0.29, 0.717) is 18.2 Å². The fraction of sp³-hybridized carbons (Fsp3) is 0.500. The molecule has 3 N–H and O–H groups in total. The first-order chi connectivity index (χ1) is 15.6. The third-order valence-electron chi connectivity index (χ3n) is 7.22. The number of hydrogen-bond donors (Lipinski definition) is 3. The Hall–Kier alpha value is -3.00. The molecule has 1 saturated heterocycles. The summed E-state index contributed by atoms with van der Waals surface area (Å²) >= 11 is 0. The number of aliphatic hydroxyl groups is 1. The maximum absolute atomic E-state index is 13.4. The zero-order valence-electron chi connectivity index (χ0n) is 18.5. The van der Waals surface area contributed by atoms with Gasteiger partial charge in [0.1, 0.15) is 5.75 Å². The van der Waals surface area contributed by atoms with Gasteiger partial charge in [-0.05, 0) is 49.7 Å². The summed E-state index contributed by atoms with van der Waals surface area (Å²) in [6, 6.07) is 6.23. The number of anilines is 1. The van der Waals surface area contributed by atoms with Gasteiger partial charge in [-0.15, -0.1) is 0 Å². The molecule has 2 fully saturated rings. The van der Waals surface area contributed by atoms with Crippen LogP contribution in [-0.2, 0) is 6.54 Å². The van der Waals surface area contributed by atoms with Crippen molar-refractivity contribution in [2.45, 2.75) is 44.7 Å². The molecule has 1 amide bonds. The Balaban J connectivity index is 1.22. The maximum Gasteiger partial charge on any atom is 0.256 e. The van der Waals surface area contributed by atoms with E-state index in [4.69, 9.17) is 9.84 Å². The van der Waals surface area contributed by atoms with Crippen LogP contribution >= 0.6 is 0 Å². The van der Waals surface area contributed by atoms with Gasteiger partial charge in [-0.3, -0.25) is 9.48 Å². The maximum atomic E-state index is 13.4. The number of ether oxygens (including phenoxy) is 1. The highest BCUT2D eigenvalue weighted by atomic mass is 16.5. The van der Waals surface area contributed by atoms with E-state index in [1.165, 1.54) is 0 Å². The van der Waals surface area contributed by atoms with Crippen LogP contribution in [0.5, 0.6) is 5.75 Å². The fourth-order valence-electron chi connectivity index (χ4n) is 5.45. The number of H-pyrrole nitrogens is 1. The highest BCUT2D eigenvalue weighted by molar-refractivity contribution is 6.09. The van der Waals surface area contributed by atoms with Gasteiger partial charge in [0, 0.05) is 37.0 Å². The predicted molar refractivity (Wildman–Crippen MR) is 123 cm³/mol. The standard InChI is InChI=1S/C24H31N5O3/c1-32-21-4-2-3-20-22(21)19(14-25-20)23(31)28-10-9-24(16-28)7-5-17(6-8-24)27-18-13-26-29(15-18)11-12-30/h2-4,13-15,17,25,27,30H,5-12,16H2,1H3. The Labute approximate surface area is 187 Å². The first-order valence-electron chi connectivity index (χ1n) is 11.4. The van der Waals surface area contributed by atoms with Crippen LogP contribution in [0.1, 0.15) is 42.5 Å². The lowest BCUT2D eigenvalue weighted by Gasteiger charge is -2.37. The second-order valence-corrected chi connectivity index (χ2v) is 9.20. The lowest BCUT2D eigenvalue weighted by molar-refractivity contribution is 0.0759. The number of aromatic amines is 1. The van der Waals surface area contributed by atoms with E-state index in [0.717, 1.165) is 67.5 Å². The molecule has 1 aromatic carbocycles. The molecule has 1 aliphatic heterocycles. The van der Waals surface area contributed by atoms with Crippen LogP contribution in [0.15, 0.2) is 36.8 Å². The summed E-state index contributed by atoms with van der Waals surface area (Å²) in [5, 5.41) is 17.8. The molecule has 3 aromatic rings. The van der Waals surface area contributed by atoms with Crippen molar-refractivity contribution in [3.8, 4) is 5.75 Å². The van der Waals surface area contributed by atoms with Crippen molar-refractivity contribution in [3.05, 3.63) is 42.4 Å². The summed E-state index contributed by atoms with van der Waals surface area (Å²) in [5.41, 5.74) is 2.86. The number of fused-ring (bicyclic) bond motifs is 1. The number of nitrogens with zero attached hydrogens (tertiary/aromatic N) is 3. The van der Waals surface area contributed by atoms with Crippen molar-refractivity contribution in [2.75, 3.05) is 32.1 Å². The van der Waals surface area contributed by atoms with E-state index in [1.54, 1.807) is 11.8 Å². The van der Waals surface area contributed by atoms with E-state index in [1.807, 2.05) is 41.7 Å². The smallest absolute Gasteiger partial charge is 0.256 e. The molecule has 8 heteroatoms. The van der Waals surface area contributed by atoms with Crippen molar-refractivity contribution in [1.29, 1.82) is 0 Å². The Kier molecular flexibility index (Phi) is 5.55. The molecule has 170 valence electrons. The molecule has 0 radical (unpaired) electrons. The van der Waals surface area contributed by atoms with Crippen LogP contribution in [-0.4, -0.2) is 63.5 Å². The summed E-state index contributed by atoms with van der Waals surface area (Å²) < 4.78 is 7.27. The lowest BCUT2D eigenvalue weighted by Crippen LogP contribution is -2.37. The minimum Gasteiger partial charge on any atom is -0.496 e. The fourth-order valence-corrected chi connectivity index (χ4v) is 5.45. The van der Waals surface area contributed by atoms with Gasteiger partial charge in [-0.2, -0.15) is 5.10 Å².